The van der Waals surface area contributed by atoms with Crippen LogP contribution in [0.2, 0.25) is 0 Å². The molecule has 2 aromatic heterocycles. The van der Waals surface area contributed by atoms with E-state index in [9.17, 15) is 0 Å². The largest absolute Gasteiger partial charge is 0.436 e. The summed E-state index contributed by atoms with van der Waals surface area (Å²) in [5.41, 5.74) is 4.37. The molecule has 4 rings (SSSR count). The number of hydrogen-bond donors (Lipinski definition) is 0. The molecule has 0 N–H and O–H groups in total. The molecule has 0 bridgehead atoms. The lowest BCUT2D eigenvalue weighted by Gasteiger charge is -1.93. The van der Waals surface area contributed by atoms with Crippen molar-refractivity contribution in [3.63, 3.8) is 0 Å². The zero-order valence-corrected chi connectivity index (χ0v) is 15.3. The molecule has 26 heavy (non-hydrogen) atoms. The van der Waals surface area contributed by atoms with E-state index in [1.165, 1.54) is 0 Å². The molecule has 4 nitrogen and oxygen atoms in total. The van der Waals surface area contributed by atoms with Crippen LogP contribution in [0.15, 0.2) is 86.9 Å². The fourth-order valence-corrected chi connectivity index (χ4v) is 2.74. The van der Waals surface area contributed by atoms with Crippen molar-refractivity contribution in [2.45, 2.75) is 0 Å². The van der Waals surface area contributed by atoms with Crippen LogP contribution in [0.5, 0.6) is 0 Å². The van der Waals surface area contributed by atoms with Gasteiger partial charge in [0.05, 0.1) is 5.69 Å². The van der Waals surface area contributed by atoms with Crippen molar-refractivity contribution in [3.8, 4) is 11.5 Å². The van der Waals surface area contributed by atoms with E-state index < -0.39 is 0 Å². The Bertz CT molecular complexity index is 1080. The zero-order chi connectivity index (χ0) is 17.8. The molecular formula is C21H14BrN3O. The molecule has 0 atom stereocenters. The summed E-state index contributed by atoms with van der Waals surface area (Å²) in [4.78, 5) is 13.0. The highest BCUT2D eigenvalue weighted by Crippen LogP contribution is 2.26. The molecule has 0 fully saturated rings. The van der Waals surface area contributed by atoms with Crippen molar-refractivity contribution in [2.75, 3.05) is 0 Å². The third kappa shape index (κ3) is 3.78. The summed E-state index contributed by atoms with van der Waals surface area (Å²) in [6.07, 6.45) is 9.13. The number of allylic oxidation sites excluding steroid dienone is 1. The second kappa shape index (κ2) is 7.45. The topological polar surface area (TPSA) is 51.3 Å². The van der Waals surface area contributed by atoms with Gasteiger partial charge in [0.25, 0.3) is 0 Å². The first-order chi connectivity index (χ1) is 12.8. The average molecular weight is 404 g/mol. The first kappa shape index (κ1) is 16.4. The highest BCUT2D eigenvalue weighted by Gasteiger charge is 2.08. The molecular weight excluding hydrogens is 390 g/mol. The van der Waals surface area contributed by atoms with Gasteiger partial charge < -0.3 is 4.42 Å². The van der Waals surface area contributed by atoms with Crippen molar-refractivity contribution in [3.05, 3.63) is 83.1 Å². The number of benzene rings is 2. The lowest BCUT2D eigenvalue weighted by molar-refractivity contribution is 0.619. The van der Waals surface area contributed by atoms with Gasteiger partial charge in [-0.3, -0.25) is 9.98 Å². The van der Waals surface area contributed by atoms with Crippen molar-refractivity contribution in [1.82, 2.24) is 9.97 Å². The number of rotatable bonds is 4. The summed E-state index contributed by atoms with van der Waals surface area (Å²) < 4.78 is 6.86. The number of nitrogens with zero attached hydrogens (tertiary/aromatic N) is 3. The van der Waals surface area contributed by atoms with Gasteiger partial charge in [-0.05, 0) is 54.1 Å². The minimum Gasteiger partial charge on any atom is -0.436 e. The summed E-state index contributed by atoms with van der Waals surface area (Å²) >= 11 is 3.43. The monoisotopic (exact) mass is 403 g/mol. The Morgan fingerprint density at radius 3 is 2.58 bits per heavy atom. The van der Waals surface area contributed by atoms with Gasteiger partial charge in [0.15, 0.2) is 5.58 Å². The van der Waals surface area contributed by atoms with Crippen molar-refractivity contribution < 1.29 is 4.42 Å². The quantitative estimate of drug-likeness (QED) is 0.388. The maximum Gasteiger partial charge on any atom is 0.227 e. The molecule has 0 aliphatic rings. The number of fused-ring (bicyclic) bond motifs is 1. The normalized spacial score (nSPS) is 11.7. The predicted octanol–water partition coefficient (Wildman–Crippen LogP) is 6.07. The second-order valence-electron chi connectivity index (χ2n) is 5.60. The van der Waals surface area contributed by atoms with Crippen LogP contribution in [0, 0.1) is 0 Å². The molecule has 5 heteroatoms. The third-order valence-electron chi connectivity index (χ3n) is 3.77. The Morgan fingerprint density at radius 2 is 1.77 bits per heavy atom. The fourth-order valence-electron chi connectivity index (χ4n) is 2.47. The molecule has 0 aliphatic carbocycles. The Balaban J connectivity index is 1.52. The van der Waals surface area contributed by atoms with E-state index >= 15 is 0 Å². The molecule has 0 saturated carbocycles. The molecule has 0 unspecified atom stereocenters. The van der Waals surface area contributed by atoms with E-state index in [4.69, 9.17) is 4.42 Å². The smallest absolute Gasteiger partial charge is 0.227 e. The van der Waals surface area contributed by atoms with Gasteiger partial charge in [0.2, 0.25) is 5.89 Å². The van der Waals surface area contributed by atoms with Crippen LogP contribution in [-0.2, 0) is 0 Å². The van der Waals surface area contributed by atoms with Crippen LogP contribution < -0.4 is 0 Å². The van der Waals surface area contributed by atoms with Crippen LogP contribution >= 0.6 is 15.9 Å². The summed E-state index contributed by atoms with van der Waals surface area (Å²) in [6, 6.07) is 17.5. The van der Waals surface area contributed by atoms with Gasteiger partial charge in [0, 0.05) is 28.6 Å². The zero-order valence-electron chi connectivity index (χ0n) is 13.7. The maximum absolute atomic E-state index is 5.79. The van der Waals surface area contributed by atoms with Gasteiger partial charge in [-0.15, -0.1) is 0 Å². The highest BCUT2D eigenvalue weighted by atomic mass is 79.9. The molecule has 0 aliphatic heterocycles. The van der Waals surface area contributed by atoms with Crippen LogP contribution in [0.25, 0.3) is 28.6 Å². The Kier molecular flexibility index (Phi) is 4.71. The van der Waals surface area contributed by atoms with E-state index in [1.54, 1.807) is 18.6 Å². The maximum atomic E-state index is 5.79. The first-order valence-corrected chi connectivity index (χ1v) is 8.84. The molecule has 2 heterocycles. The molecule has 0 radical (unpaired) electrons. The number of aromatic nitrogens is 2. The minimum absolute atomic E-state index is 0.582. The van der Waals surface area contributed by atoms with Crippen LogP contribution in [0.1, 0.15) is 5.56 Å². The minimum atomic E-state index is 0.582. The van der Waals surface area contributed by atoms with E-state index in [0.29, 0.717) is 5.89 Å². The Morgan fingerprint density at radius 1 is 0.962 bits per heavy atom. The van der Waals surface area contributed by atoms with Gasteiger partial charge in [-0.1, -0.05) is 34.1 Å². The highest BCUT2D eigenvalue weighted by molar-refractivity contribution is 9.10. The molecule has 0 amide bonds. The summed E-state index contributed by atoms with van der Waals surface area (Å²) in [6.45, 7) is 0. The van der Waals surface area contributed by atoms with E-state index in [0.717, 1.165) is 32.4 Å². The van der Waals surface area contributed by atoms with Gasteiger partial charge >= 0.3 is 0 Å². The second-order valence-corrected chi connectivity index (χ2v) is 6.51. The van der Waals surface area contributed by atoms with E-state index in [-0.39, 0.29) is 0 Å². The van der Waals surface area contributed by atoms with E-state index in [1.807, 2.05) is 66.7 Å². The average Bonchev–Trinajstić information content (AvgIpc) is 3.11. The van der Waals surface area contributed by atoms with Gasteiger partial charge in [-0.25, -0.2) is 4.98 Å². The van der Waals surface area contributed by atoms with Crippen LogP contribution in [-0.4, -0.2) is 16.2 Å². The first-order valence-electron chi connectivity index (χ1n) is 8.05. The number of hydrogen-bond acceptors (Lipinski definition) is 4. The van der Waals surface area contributed by atoms with Crippen molar-refractivity contribution in [2.24, 2.45) is 4.99 Å². The fraction of sp³-hybridized carbons (Fsp3) is 0. The summed E-state index contributed by atoms with van der Waals surface area (Å²) in [5, 5.41) is 0. The third-order valence-corrected chi connectivity index (χ3v) is 4.30. The van der Waals surface area contributed by atoms with Crippen molar-refractivity contribution >= 4 is 45.0 Å². The van der Waals surface area contributed by atoms with E-state index in [2.05, 4.69) is 30.9 Å². The molecule has 2 aromatic carbocycles. The summed E-state index contributed by atoms with van der Waals surface area (Å²) in [7, 11) is 0. The molecule has 126 valence electrons. The van der Waals surface area contributed by atoms with Crippen LogP contribution in [0.3, 0.4) is 0 Å². The number of aliphatic imine (C=N–C) groups is 1. The Labute approximate surface area is 159 Å². The SMILES string of the molecule is Brc1ccc(C=CC=Nc2ccc3oc(-c4ccncc4)nc3c2)cc1. The Hall–Kier alpha value is -3.05. The number of oxazole rings is 1. The van der Waals surface area contributed by atoms with Crippen LogP contribution in [0.4, 0.5) is 5.69 Å². The number of pyridine rings is 1. The van der Waals surface area contributed by atoms with Gasteiger partial charge in [0.1, 0.15) is 5.52 Å². The van der Waals surface area contributed by atoms with Gasteiger partial charge in [-0.2, -0.15) is 0 Å². The molecule has 4 aromatic rings. The lowest BCUT2D eigenvalue weighted by atomic mass is 10.2. The summed E-state index contributed by atoms with van der Waals surface area (Å²) in [5.74, 6) is 0.582. The van der Waals surface area contributed by atoms with Crippen molar-refractivity contribution in [1.29, 1.82) is 0 Å². The predicted molar refractivity (Wildman–Crippen MR) is 109 cm³/mol. The number of halogens is 1. The molecule has 0 saturated heterocycles. The standard InChI is InChI=1S/C21H14BrN3O/c22-17-5-3-15(4-6-17)2-1-11-24-18-7-8-20-19(14-18)25-21(26-20)16-9-12-23-13-10-16/h1-14H. The lowest BCUT2D eigenvalue weighted by Crippen LogP contribution is -1.76. The molecule has 0 spiro atoms.